The van der Waals surface area contributed by atoms with Gasteiger partial charge in [-0.1, -0.05) is 12.1 Å². The van der Waals surface area contributed by atoms with Crippen LogP contribution in [-0.4, -0.2) is 36.3 Å². The number of aromatic nitrogens is 1. The molecule has 1 aromatic carbocycles. The van der Waals surface area contributed by atoms with Crippen molar-refractivity contribution >= 4 is 17.4 Å². The van der Waals surface area contributed by atoms with Gasteiger partial charge in [0.1, 0.15) is 5.82 Å². The van der Waals surface area contributed by atoms with Crippen LogP contribution in [0.2, 0.25) is 0 Å². The van der Waals surface area contributed by atoms with Crippen LogP contribution in [0.5, 0.6) is 0 Å². The number of amides is 1. The molecule has 1 aliphatic heterocycles. The van der Waals surface area contributed by atoms with Crippen molar-refractivity contribution in [3.63, 3.8) is 0 Å². The fourth-order valence-electron chi connectivity index (χ4n) is 4.27. The summed E-state index contributed by atoms with van der Waals surface area (Å²) >= 11 is 0. The second-order valence-electron chi connectivity index (χ2n) is 7.52. The van der Waals surface area contributed by atoms with Gasteiger partial charge in [0.05, 0.1) is 16.8 Å². The molecule has 1 aliphatic carbocycles. The number of benzene rings is 1. The topological polar surface area (TPSA) is 65.2 Å². The standard InChI is InChI=1S/C21H24FN3O2/c1-13-19(20-16(24-13)6-4-8-18(20)26)21(27)23-11-14-9-10-25(12-14)17-7-3-2-5-15(17)22/h2-3,5,7,14,24H,4,6,8-12H2,1H3,(H,23,27)/t14-/m0/s1. The van der Waals surface area contributed by atoms with Crippen molar-refractivity contribution in [2.45, 2.75) is 32.6 Å². The van der Waals surface area contributed by atoms with Crippen LogP contribution in [0.4, 0.5) is 10.1 Å². The molecule has 0 spiro atoms. The number of nitrogens with one attached hydrogen (secondary N) is 2. The molecule has 4 rings (SSSR count). The van der Waals surface area contributed by atoms with Crippen molar-refractivity contribution in [2.75, 3.05) is 24.5 Å². The summed E-state index contributed by atoms with van der Waals surface area (Å²) in [5, 5.41) is 2.99. The fourth-order valence-corrected chi connectivity index (χ4v) is 4.27. The van der Waals surface area contributed by atoms with Crippen molar-refractivity contribution in [3.8, 4) is 0 Å². The number of fused-ring (bicyclic) bond motifs is 1. The zero-order valence-corrected chi connectivity index (χ0v) is 15.5. The minimum absolute atomic E-state index is 0.0531. The van der Waals surface area contributed by atoms with Crippen LogP contribution >= 0.6 is 0 Å². The molecule has 5 nitrogen and oxygen atoms in total. The molecule has 0 unspecified atom stereocenters. The number of H-pyrrole nitrogens is 1. The Morgan fingerprint density at radius 1 is 1.33 bits per heavy atom. The van der Waals surface area contributed by atoms with Crippen molar-refractivity contribution in [3.05, 3.63) is 52.6 Å². The van der Waals surface area contributed by atoms with E-state index in [0.29, 0.717) is 36.3 Å². The zero-order chi connectivity index (χ0) is 19.0. The molecule has 0 saturated carbocycles. The van der Waals surface area contributed by atoms with E-state index in [9.17, 15) is 14.0 Å². The van der Waals surface area contributed by atoms with Crippen molar-refractivity contribution < 1.29 is 14.0 Å². The van der Waals surface area contributed by atoms with E-state index in [2.05, 4.69) is 10.3 Å². The number of halogens is 1. The maximum Gasteiger partial charge on any atom is 0.253 e. The molecule has 0 radical (unpaired) electrons. The number of carbonyl (C=O) groups excluding carboxylic acids is 2. The third kappa shape index (κ3) is 3.36. The molecule has 27 heavy (non-hydrogen) atoms. The third-order valence-corrected chi connectivity index (χ3v) is 5.63. The van der Waals surface area contributed by atoms with E-state index in [-0.39, 0.29) is 23.4 Å². The van der Waals surface area contributed by atoms with Gasteiger partial charge in [0.25, 0.3) is 5.91 Å². The van der Waals surface area contributed by atoms with Gasteiger partial charge in [0.15, 0.2) is 5.78 Å². The Balaban J connectivity index is 1.40. The quantitative estimate of drug-likeness (QED) is 0.870. The predicted octanol–water partition coefficient (Wildman–Crippen LogP) is 3.24. The first-order valence-electron chi connectivity index (χ1n) is 9.57. The van der Waals surface area contributed by atoms with Gasteiger partial charge in [-0.2, -0.15) is 0 Å². The van der Waals surface area contributed by atoms with Gasteiger partial charge in [0, 0.05) is 37.4 Å². The van der Waals surface area contributed by atoms with Gasteiger partial charge >= 0.3 is 0 Å². The summed E-state index contributed by atoms with van der Waals surface area (Å²) in [6.07, 6.45) is 3.05. The van der Waals surface area contributed by atoms with Crippen LogP contribution in [-0.2, 0) is 6.42 Å². The van der Waals surface area contributed by atoms with Gasteiger partial charge in [-0.15, -0.1) is 0 Å². The molecular formula is C21H24FN3O2. The highest BCUT2D eigenvalue weighted by Crippen LogP contribution is 2.28. The summed E-state index contributed by atoms with van der Waals surface area (Å²) in [6, 6.07) is 6.78. The average Bonchev–Trinajstić information content (AvgIpc) is 3.25. The number of nitrogens with zero attached hydrogens (tertiary/aromatic N) is 1. The lowest BCUT2D eigenvalue weighted by molar-refractivity contribution is 0.0924. The first kappa shape index (κ1) is 17.8. The molecule has 2 N–H and O–H groups in total. The summed E-state index contributed by atoms with van der Waals surface area (Å²) in [5.41, 5.74) is 3.34. The van der Waals surface area contributed by atoms with Gasteiger partial charge in [-0.05, 0) is 44.2 Å². The van der Waals surface area contributed by atoms with E-state index in [1.54, 1.807) is 12.1 Å². The second kappa shape index (κ2) is 7.18. The number of ketones is 1. The Bertz CT molecular complexity index is 890. The maximum absolute atomic E-state index is 14.0. The molecule has 6 heteroatoms. The fraction of sp³-hybridized carbons (Fsp3) is 0.429. The number of aromatic amines is 1. The Kier molecular flexibility index (Phi) is 4.72. The molecule has 0 bridgehead atoms. The number of aryl methyl sites for hydroxylation is 2. The second-order valence-corrected chi connectivity index (χ2v) is 7.52. The normalized spacial score (nSPS) is 19.3. The van der Waals surface area contributed by atoms with E-state index < -0.39 is 0 Å². The molecule has 142 valence electrons. The lowest BCUT2D eigenvalue weighted by Gasteiger charge is -2.19. The lowest BCUT2D eigenvalue weighted by Crippen LogP contribution is -2.32. The first-order chi connectivity index (χ1) is 13.0. The molecule has 1 atom stereocenters. The minimum atomic E-state index is -0.213. The minimum Gasteiger partial charge on any atom is -0.369 e. The molecular weight excluding hydrogens is 345 g/mol. The lowest BCUT2D eigenvalue weighted by atomic mass is 9.93. The Morgan fingerprint density at radius 3 is 2.96 bits per heavy atom. The predicted molar refractivity (Wildman–Crippen MR) is 102 cm³/mol. The largest absolute Gasteiger partial charge is 0.369 e. The number of hydrogen-bond donors (Lipinski definition) is 2. The third-order valence-electron chi connectivity index (χ3n) is 5.63. The zero-order valence-electron chi connectivity index (χ0n) is 15.5. The van der Waals surface area contributed by atoms with Gasteiger partial charge < -0.3 is 15.2 Å². The number of rotatable bonds is 4. The smallest absolute Gasteiger partial charge is 0.253 e. The van der Waals surface area contributed by atoms with Gasteiger partial charge in [-0.25, -0.2) is 4.39 Å². The van der Waals surface area contributed by atoms with Crippen LogP contribution in [0.3, 0.4) is 0 Å². The Morgan fingerprint density at radius 2 is 2.15 bits per heavy atom. The number of hydrogen-bond acceptors (Lipinski definition) is 3. The first-order valence-corrected chi connectivity index (χ1v) is 9.57. The highest BCUT2D eigenvalue weighted by Gasteiger charge is 2.29. The Labute approximate surface area is 157 Å². The summed E-state index contributed by atoms with van der Waals surface area (Å²) in [5.74, 6) is -0.0865. The highest BCUT2D eigenvalue weighted by atomic mass is 19.1. The number of Topliss-reactive ketones (excluding diaryl/α,β-unsaturated/α-hetero) is 1. The molecule has 1 saturated heterocycles. The van der Waals surface area contributed by atoms with Crippen LogP contribution < -0.4 is 10.2 Å². The van der Waals surface area contributed by atoms with E-state index in [1.807, 2.05) is 17.9 Å². The molecule has 2 aromatic rings. The monoisotopic (exact) mass is 369 g/mol. The van der Waals surface area contributed by atoms with E-state index in [0.717, 1.165) is 37.2 Å². The molecule has 1 aromatic heterocycles. The molecule has 2 heterocycles. The number of anilines is 1. The number of para-hydroxylation sites is 1. The van der Waals surface area contributed by atoms with Crippen LogP contribution in [0, 0.1) is 18.7 Å². The molecule has 1 fully saturated rings. The van der Waals surface area contributed by atoms with Crippen LogP contribution in [0.25, 0.3) is 0 Å². The van der Waals surface area contributed by atoms with Crippen molar-refractivity contribution in [2.24, 2.45) is 5.92 Å². The molecule has 2 aliphatic rings. The van der Waals surface area contributed by atoms with E-state index >= 15 is 0 Å². The van der Waals surface area contributed by atoms with Crippen LogP contribution in [0.1, 0.15) is 51.4 Å². The SMILES string of the molecule is Cc1[nH]c2c(c1C(=O)NC[C@@H]1CCN(c3ccccc3F)C1)C(=O)CCC2. The van der Waals surface area contributed by atoms with Crippen molar-refractivity contribution in [1.82, 2.24) is 10.3 Å². The van der Waals surface area contributed by atoms with Gasteiger partial charge in [0.2, 0.25) is 0 Å². The number of carbonyl (C=O) groups is 2. The van der Waals surface area contributed by atoms with Gasteiger partial charge in [-0.3, -0.25) is 9.59 Å². The van der Waals surface area contributed by atoms with Crippen molar-refractivity contribution in [1.29, 1.82) is 0 Å². The summed E-state index contributed by atoms with van der Waals surface area (Å²) in [4.78, 5) is 30.3. The van der Waals surface area contributed by atoms with Crippen LogP contribution in [0.15, 0.2) is 24.3 Å². The Hall–Kier alpha value is -2.63. The average molecular weight is 369 g/mol. The summed E-state index contributed by atoms with van der Waals surface area (Å²) in [6.45, 7) is 3.86. The molecule has 1 amide bonds. The highest BCUT2D eigenvalue weighted by molar-refractivity contribution is 6.10. The van der Waals surface area contributed by atoms with E-state index in [4.69, 9.17) is 0 Å². The maximum atomic E-state index is 14.0. The van der Waals surface area contributed by atoms with E-state index in [1.165, 1.54) is 6.07 Å². The summed E-state index contributed by atoms with van der Waals surface area (Å²) in [7, 11) is 0. The summed E-state index contributed by atoms with van der Waals surface area (Å²) < 4.78 is 14.0.